The van der Waals surface area contributed by atoms with E-state index >= 15 is 0 Å². The summed E-state index contributed by atoms with van der Waals surface area (Å²) in [4.78, 5) is 11.6. The number of carbonyl (C=O) groups is 1. The van der Waals surface area contributed by atoms with Crippen molar-refractivity contribution < 1.29 is 4.79 Å². The summed E-state index contributed by atoms with van der Waals surface area (Å²) in [6.45, 7) is 5.98. The second-order valence-corrected chi connectivity index (χ2v) is 4.76. The second-order valence-electron chi connectivity index (χ2n) is 4.33. The Morgan fingerprint density at radius 2 is 2.12 bits per heavy atom. The Balaban J connectivity index is 2.59. The third-order valence-electron chi connectivity index (χ3n) is 2.42. The van der Waals surface area contributed by atoms with Gasteiger partial charge < -0.3 is 10.6 Å². The lowest BCUT2D eigenvalue weighted by molar-refractivity contribution is 0.240. The number of benzene rings is 1. The normalized spacial score (nSPS) is 11.0. The summed E-state index contributed by atoms with van der Waals surface area (Å²) in [5, 5.41) is 6.22. The molecule has 0 heterocycles. The van der Waals surface area contributed by atoms with E-state index in [0.717, 1.165) is 6.42 Å². The van der Waals surface area contributed by atoms with Gasteiger partial charge in [0.05, 0.1) is 0 Å². The van der Waals surface area contributed by atoms with Crippen LogP contribution in [-0.4, -0.2) is 11.6 Å². The Bertz CT molecular complexity index is 377. The average Bonchev–Trinajstić information content (AvgIpc) is 2.16. The van der Waals surface area contributed by atoms with E-state index in [1.165, 1.54) is 0 Å². The molecule has 0 aliphatic rings. The van der Waals surface area contributed by atoms with Gasteiger partial charge in [-0.2, -0.15) is 0 Å². The van der Waals surface area contributed by atoms with Crippen LogP contribution in [0.1, 0.15) is 27.2 Å². The highest BCUT2D eigenvalue weighted by Gasteiger charge is 2.17. The van der Waals surface area contributed by atoms with E-state index in [0.29, 0.717) is 10.7 Å². The highest BCUT2D eigenvalue weighted by Crippen LogP contribution is 2.15. The number of nitrogens with one attached hydrogen (secondary N) is 2. The Hall–Kier alpha value is -1.22. The van der Waals surface area contributed by atoms with Gasteiger partial charge in [0, 0.05) is 16.2 Å². The van der Waals surface area contributed by atoms with E-state index in [1.54, 1.807) is 24.3 Å². The molecule has 0 saturated heterocycles. The molecule has 0 saturated carbocycles. The molecule has 0 radical (unpaired) electrons. The molecule has 0 unspecified atom stereocenters. The van der Waals surface area contributed by atoms with Gasteiger partial charge >= 0.3 is 6.03 Å². The third-order valence-corrected chi connectivity index (χ3v) is 2.65. The number of hydrogen-bond donors (Lipinski definition) is 2. The molecular formula is C12H17ClN2O. The summed E-state index contributed by atoms with van der Waals surface area (Å²) in [5.41, 5.74) is 0.486. The quantitative estimate of drug-likeness (QED) is 0.832. The molecule has 2 N–H and O–H groups in total. The van der Waals surface area contributed by atoms with Gasteiger partial charge in [-0.3, -0.25) is 0 Å². The van der Waals surface area contributed by atoms with Crippen molar-refractivity contribution in [2.75, 3.05) is 5.32 Å². The molecule has 0 spiro atoms. The minimum absolute atomic E-state index is 0.206. The SMILES string of the molecule is CCC(C)(C)NC(=O)Nc1cccc(Cl)c1. The van der Waals surface area contributed by atoms with Crippen molar-refractivity contribution >= 4 is 23.3 Å². The fourth-order valence-corrected chi connectivity index (χ4v) is 1.31. The topological polar surface area (TPSA) is 41.1 Å². The molecule has 1 aromatic rings. The fourth-order valence-electron chi connectivity index (χ4n) is 1.12. The molecule has 0 atom stereocenters. The summed E-state index contributed by atoms with van der Waals surface area (Å²) in [7, 11) is 0. The Labute approximate surface area is 101 Å². The number of hydrogen-bond acceptors (Lipinski definition) is 1. The lowest BCUT2D eigenvalue weighted by Gasteiger charge is -2.24. The van der Waals surface area contributed by atoms with Crippen LogP contribution in [0.4, 0.5) is 10.5 Å². The van der Waals surface area contributed by atoms with Gasteiger partial charge in [-0.15, -0.1) is 0 Å². The minimum atomic E-state index is -0.214. The molecule has 16 heavy (non-hydrogen) atoms. The highest BCUT2D eigenvalue weighted by atomic mass is 35.5. The van der Waals surface area contributed by atoms with Crippen LogP contribution >= 0.6 is 11.6 Å². The molecule has 1 rings (SSSR count). The zero-order valence-corrected chi connectivity index (χ0v) is 10.6. The highest BCUT2D eigenvalue weighted by molar-refractivity contribution is 6.30. The lowest BCUT2D eigenvalue weighted by atomic mass is 10.0. The molecule has 0 aliphatic carbocycles. The summed E-state index contributed by atoms with van der Waals surface area (Å²) in [6.07, 6.45) is 0.871. The number of halogens is 1. The van der Waals surface area contributed by atoms with E-state index in [2.05, 4.69) is 10.6 Å². The van der Waals surface area contributed by atoms with Crippen molar-refractivity contribution in [2.24, 2.45) is 0 Å². The van der Waals surface area contributed by atoms with Gasteiger partial charge in [-0.1, -0.05) is 24.6 Å². The summed E-state index contributed by atoms with van der Waals surface area (Å²) < 4.78 is 0. The lowest BCUT2D eigenvalue weighted by Crippen LogP contribution is -2.45. The number of carbonyl (C=O) groups excluding carboxylic acids is 1. The maximum absolute atomic E-state index is 11.6. The summed E-state index contributed by atoms with van der Waals surface area (Å²) in [6, 6.07) is 6.85. The van der Waals surface area contributed by atoms with Gasteiger partial charge in [0.15, 0.2) is 0 Å². The maximum atomic E-state index is 11.6. The van der Waals surface area contributed by atoms with Gasteiger partial charge in [0.2, 0.25) is 0 Å². The van der Waals surface area contributed by atoms with E-state index in [-0.39, 0.29) is 11.6 Å². The first-order valence-corrected chi connectivity index (χ1v) is 5.65. The van der Waals surface area contributed by atoms with Gasteiger partial charge in [-0.25, -0.2) is 4.79 Å². The number of urea groups is 1. The molecule has 0 aromatic heterocycles. The largest absolute Gasteiger partial charge is 0.333 e. The van der Waals surface area contributed by atoms with Gasteiger partial charge in [0.25, 0.3) is 0 Å². The molecule has 0 bridgehead atoms. The molecule has 2 amide bonds. The fraction of sp³-hybridized carbons (Fsp3) is 0.417. The van der Waals surface area contributed by atoms with Crippen LogP contribution in [0, 0.1) is 0 Å². The maximum Gasteiger partial charge on any atom is 0.319 e. The van der Waals surface area contributed by atoms with Gasteiger partial charge in [-0.05, 0) is 38.5 Å². The van der Waals surface area contributed by atoms with Crippen molar-refractivity contribution in [1.82, 2.24) is 5.32 Å². The van der Waals surface area contributed by atoms with E-state index in [9.17, 15) is 4.79 Å². The summed E-state index contributed by atoms with van der Waals surface area (Å²) in [5.74, 6) is 0. The smallest absolute Gasteiger partial charge is 0.319 e. The summed E-state index contributed by atoms with van der Waals surface area (Å²) >= 11 is 5.82. The van der Waals surface area contributed by atoms with Crippen LogP contribution in [0.5, 0.6) is 0 Å². The standard InChI is InChI=1S/C12H17ClN2O/c1-4-12(2,3)15-11(16)14-10-7-5-6-9(13)8-10/h5-8H,4H2,1-3H3,(H2,14,15,16). The second kappa shape index (κ2) is 5.21. The number of anilines is 1. The zero-order valence-electron chi connectivity index (χ0n) is 9.80. The Morgan fingerprint density at radius 1 is 1.44 bits per heavy atom. The molecule has 1 aromatic carbocycles. The van der Waals surface area contributed by atoms with Crippen molar-refractivity contribution in [3.05, 3.63) is 29.3 Å². The molecule has 0 aliphatic heterocycles. The first-order valence-electron chi connectivity index (χ1n) is 5.28. The van der Waals surface area contributed by atoms with Crippen LogP contribution in [0.2, 0.25) is 5.02 Å². The van der Waals surface area contributed by atoms with Crippen molar-refractivity contribution in [1.29, 1.82) is 0 Å². The van der Waals surface area contributed by atoms with Crippen LogP contribution in [0.15, 0.2) is 24.3 Å². The van der Waals surface area contributed by atoms with Crippen molar-refractivity contribution in [2.45, 2.75) is 32.7 Å². The average molecular weight is 241 g/mol. The zero-order chi connectivity index (χ0) is 12.2. The molecule has 0 fully saturated rings. The van der Waals surface area contributed by atoms with Gasteiger partial charge in [0.1, 0.15) is 0 Å². The monoisotopic (exact) mass is 240 g/mol. The number of amides is 2. The molecular weight excluding hydrogens is 224 g/mol. The Morgan fingerprint density at radius 3 is 2.69 bits per heavy atom. The number of rotatable bonds is 3. The van der Waals surface area contributed by atoms with Crippen molar-refractivity contribution in [3.63, 3.8) is 0 Å². The van der Waals surface area contributed by atoms with E-state index < -0.39 is 0 Å². The van der Waals surface area contributed by atoms with E-state index in [4.69, 9.17) is 11.6 Å². The molecule has 4 heteroatoms. The van der Waals surface area contributed by atoms with Crippen molar-refractivity contribution in [3.8, 4) is 0 Å². The Kier molecular flexibility index (Phi) is 4.19. The predicted molar refractivity (Wildman–Crippen MR) is 68.0 cm³/mol. The first kappa shape index (κ1) is 12.8. The molecule has 3 nitrogen and oxygen atoms in total. The van der Waals surface area contributed by atoms with Crippen LogP contribution in [0.25, 0.3) is 0 Å². The van der Waals surface area contributed by atoms with Crippen LogP contribution in [-0.2, 0) is 0 Å². The van der Waals surface area contributed by atoms with E-state index in [1.807, 2.05) is 20.8 Å². The third kappa shape index (κ3) is 4.11. The van der Waals surface area contributed by atoms with Crippen LogP contribution < -0.4 is 10.6 Å². The minimum Gasteiger partial charge on any atom is -0.333 e. The predicted octanol–water partition coefficient (Wildman–Crippen LogP) is 3.65. The first-order chi connectivity index (χ1) is 7.43. The van der Waals surface area contributed by atoms with Crippen LogP contribution in [0.3, 0.4) is 0 Å². The molecule has 88 valence electrons.